The molecule has 0 aliphatic heterocycles. The van der Waals surface area contributed by atoms with E-state index in [2.05, 4.69) is 26.2 Å². The summed E-state index contributed by atoms with van der Waals surface area (Å²) >= 11 is 0. The van der Waals surface area contributed by atoms with Crippen molar-refractivity contribution in [2.24, 2.45) is 17.8 Å². The van der Waals surface area contributed by atoms with Gasteiger partial charge in [0.1, 0.15) is 5.82 Å². The van der Waals surface area contributed by atoms with E-state index in [0.717, 1.165) is 30.0 Å². The summed E-state index contributed by atoms with van der Waals surface area (Å²) in [5.41, 5.74) is 1.31. The minimum absolute atomic E-state index is 0.617. The highest BCUT2D eigenvalue weighted by Crippen LogP contribution is 2.39. The van der Waals surface area contributed by atoms with Gasteiger partial charge in [-0.05, 0) is 61.8 Å². The molecule has 2 nitrogen and oxygen atoms in total. The highest BCUT2D eigenvalue weighted by atomic mass is 14.9. The molecule has 1 aromatic rings. The van der Waals surface area contributed by atoms with Crippen LogP contribution in [0.4, 0.5) is 0 Å². The van der Waals surface area contributed by atoms with Gasteiger partial charge in [0, 0.05) is 18.3 Å². The van der Waals surface area contributed by atoms with Crippen molar-refractivity contribution < 1.29 is 0 Å². The standard InChI is InChI=1S/C24H40N2/c1-3-5-6-22-17-25-24(26-18-22)23-15-13-21(14-16-23)12-11-20-9-7-19(4-2)8-10-20/h17-21,23H,3-16H2,1-2H3/t19-,20-,21?,23?. The fourth-order valence-corrected chi connectivity index (χ4v) is 5.19. The van der Waals surface area contributed by atoms with Crippen LogP contribution in [0.15, 0.2) is 12.4 Å². The molecule has 2 fully saturated rings. The summed E-state index contributed by atoms with van der Waals surface area (Å²) < 4.78 is 0. The molecule has 2 heteroatoms. The second kappa shape index (κ2) is 10.4. The van der Waals surface area contributed by atoms with Crippen LogP contribution in [0.5, 0.6) is 0 Å². The fraction of sp³-hybridized carbons (Fsp3) is 0.833. The third-order valence-electron chi connectivity index (χ3n) is 7.28. The lowest BCUT2D eigenvalue weighted by Crippen LogP contribution is -2.18. The van der Waals surface area contributed by atoms with Crippen molar-refractivity contribution >= 4 is 0 Å². The molecule has 26 heavy (non-hydrogen) atoms. The molecular weight excluding hydrogens is 316 g/mol. The minimum Gasteiger partial charge on any atom is -0.241 e. The van der Waals surface area contributed by atoms with E-state index < -0.39 is 0 Å². The topological polar surface area (TPSA) is 25.8 Å². The van der Waals surface area contributed by atoms with Gasteiger partial charge >= 0.3 is 0 Å². The number of nitrogens with zero attached hydrogens (tertiary/aromatic N) is 2. The van der Waals surface area contributed by atoms with E-state index in [-0.39, 0.29) is 0 Å². The molecule has 1 aromatic heterocycles. The van der Waals surface area contributed by atoms with Gasteiger partial charge in [0.25, 0.3) is 0 Å². The van der Waals surface area contributed by atoms with Crippen molar-refractivity contribution in [3.05, 3.63) is 23.8 Å². The smallest absolute Gasteiger partial charge is 0.131 e. The molecule has 0 spiro atoms. The molecule has 0 bridgehead atoms. The Kier molecular flexibility index (Phi) is 7.95. The average Bonchev–Trinajstić information content (AvgIpc) is 2.72. The van der Waals surface area contributed by atoms with Gasteiger partial charge in [-0.15, -0.1) is 0 Å². The van der Waals surface area contributed by atoms with Crippen molar-refractivity contribution in [2.45, 2.75) is 110 Å². The van der Waals surface area contributed by atoms with Crippen LogP contribution in [0.2, 0.25) is 0 Å². The van der Waals surface area contributed by atoms with Crippen LogP contribution in [0.1, 0.15) is 115 Å². The predicted molar refractivity (Wildman–Crippen MR) is 110 cm³/mol. The Labute approximate surface area is 161 Å². The molecule has 0 unspecified atom stereocenters. The van der Waals surface area contributed by atoms with Crippen molar-refractivity contribution in [3.63, 3.8) is 0 Å². The number of hydrogen-bond acceptors (Lipinski definition) is 2. The van der Waals surface area contributed by atoms with E-state index in [1.807, 2.05) is 0 Å². The summed E-state index contributed by atoms with van der Waals surface area (Å²) in [5.74, 6) is 4.77. The maximum absolute atomic E-state index is 4.70. The van der Waals surface area contributed by atoms with E-state index in [1.54, 1.807) is 0 Å². The molecule has 146 valence electrons. The van der Waals surface area contributed by atoms with E-state index in [4.69, 9.17) is 9.97 Å². The first kappa shape index (κ1) is 19.8. The number of unbranched alkanes of at least 4 members (excludes halogenated alkanes) is 1. The second-order valence-electron chi connectivity index (χ2n) is 9.14. The molecule has 0 N–H and O–H groups in total. The Balaban J connectivity index is 1.36. The molecule has 0 amide bonds. The Bertz CT molecular complexity index is 493. The van der Waals surface area contributed by atoms with Gasteiger partial charge in [-0.3, -0.25) is 0 Å². The van der Waals surface area contributed by atoms with Gasteiger partial charge in [0.05, 0.1) is 0 Å². The zero-order valence-electron chi connectivity index (χ0n) is 17.3. The zero-order chi connectivity index (χ0) is 18.2. The first-order valence-electron chi connectivity index (χ1n) is 11.6. The van der Waals surface area contributed by atoms with Crippen molar-refractivity contribution in [2.75, 3.05) is 0 Å². The molecule has 0 aromatic carbocycles. The lowest BCUT2D eigenvalue weighted by molar-refractivity contribution is 0.226. The van der Waals surface area contributed by atoms with Crippen LogP contribution < -0.4 is 0 Å². The molecule has 0 atom stereocenters. The SMILES string of the molecule is CCCCc1cnc(C2CCC(CC[C@H]3CC[C@H](CC)CC3)CC2)nc1. The third kappa shape index (κ3) is 5.79. The van der Waals surface area contributed by atoms with Gasteiger partial charge in [-0.25, -0.2) is 9.97 Å². The minimum atomic E-state index is 0.617. The van der Waals surface area contributed by atoms with Crippen LogP contribution in [-0.4, -0.2) is 9.97 Å². The van der Waals surface area contributed by atoms with Crippen LogP contribution in [0.25, 0.3) is 0 Å². The number of aromatic nitrogens is 2. The number of aryl methyl sites for hydroxylation is 1. The summed E-state index contributed by atoms with van der Waals surface area (Å²) in [5, 5.41) is 0. The number of rotatable bonds is 8. The summed E-state index contributed by atoms with van der Waals surface area (Å²) in [6.07, 6.45) is 23.6. The largest absolute Gasteiger partial charge is 0.241 e. The monoisotopic (exact) mass is 356 g/mol. The summed E-state index contributed by atoms with van der Waals surface area (Å²) in [7, 11) is 0. The molecular formula is C24H40N2. The van der Waals surface area contributed by atoms with Crippen LogP contribution in [0, 0.1) is 17.8 Å². The fourth-order valence-electron chi connectivity index (χ4n) is 5.19. The van der Waals surface area contributed by atoms with E-state index in [9.17, 15) is 0 Å². The van der Waals surface area contributed by atoms with Gasteiger partial charge in [-0.1, -0.05) is 65.2 Å². The lowest BCUT2D eigenvalue weighted by Gasteiger charge is -2.31. The predicted octanol–water partition coefficient (Wildman–Crippen LogP) is 7.09. The van der Waals surface area contributed by atoms with Crippen LogP contribution in [0.3, 0.4) is 0 Å². The molecule has 2 aliphatic rings. The molecule has 2 aliphatic carbocycles. The maximum Gasteiger partial charge on any atom is 0.131 e. The van der Waals surface area contributed by atoms with Crippen molar-refractivity contribution in [1.29, 1.82) is 0 Å². The maximum atomic E-state index is 4.70. The normalized spacial score (nSPS) is 29.6. The molecule has 3 rings (SSSR count). The van der Waals surface area contributed by atoms with E-state index in [0.29, 0.717) is 5.92 Å². The lowest BCUT2D eigenvalue weighted by atomic mass is 9.75. The third-order valence-corrected chi connectivity index (χ3v) is 7.28. The average molecular weight is 357 g/mol. The second-order valence-corrected chi connectivity index (χ2v) is 9.14. The quantitative estimate of drug-likeness (QED) is 0.497. The Morgan fingerprint density at radius 2 is 1.31 bits per heavy atom. The Morgan fingerprint density at radius 3 is 1.85 bits per heavy atom. The first-order valence-corrected chi connectivity index (χ1v) is 11.6. The Morgan fingerprint density at radius 1 is 0.769 bits per heavy atom. The highest BCUT2D eigenvalue weighted by Gasteiger charge is 2.26. The zero-order valence-corrected chi connectivity index (χ0v) is 17.3. The van der Waals surface area contributed by atoms with Gasteiger partial charge in [0.15, 0.2) is 0 Å². The summed E-state index contributed by atoms with van der Waals surface area (Å²) in [6, 6.07) is 0. The number of hydrogen-bond donors (Lipinski definition) is 0. The summed E-state index contributed by atoms with van der Waals surface area (Å²) in [6.45, 7) is 4.61. The van der Waals surface area contributed by atoms with E-state index in [1.165, 1.54) is 89.0 Å². The molecule has 0 saturated heterocycles. The first-order chi connectivity index (χ1) is 12.8. The highest BCUT2D eigenvalue weighted by molar-refractivity contribution is 5.08. The van der Waals surface area contributed by atoms with Gasteiger partial charge in [-0.2, -0.15) is 0 Å². The molecule has 2 saturated carbocycles. The van der Waals surface area contributed by atoms with Crippen molar-refractivity contribution in [3.8, 4) is 0 Å². The molecule has 1 heterocycles. The van der Waals surface area contributed by atoms with Gasteiger partial charge < -0.3 is 0 Å². The van der Waals surface area contributed by atoms with Gasteiger partial charge in [0.2, 0.25) is 0 Å². The summed E-state index contributed by atoms with van der Waals surface area (Å²) in [4.78, 5) is 9.41. The van der Waals surface area contributed by atoms with Crippen molar-refractivity contribution in [1.82, 2.24) is 9.97 Å². The Hall–Kier alpha value is -0.920. The molecule has 0 radical (unpaired) electrons. The van der Waals surface area contributed by atoms with Crippen LogP contribution >= 0.6 is 0 Å². The van der Waals surface area contributed by atoms with Crippen LogP contribution in [-0.2, 0) is 6.42 Å². The van der Waals surface area contributed by atoms with E-state index >= 15 is 0 Å².